The minimum atomic E-state index is -0.298. The fourth-order valence-corrected chi connectivity index (χ4v) is 2.36. The number of carbonyl (C=O) groups is 1. The molecule has 0 atom stereocenters. The second-order valence-corrected chi connectivity index (χ2v) is 5.45. The molecule has 0 unspecified atom stereocenters. The third kappa shape index (κ3) is 3.51. The van der Waals surface area contributed by atoms with Gasteiger partial charge in [0, 0.05) is 19.3 Å². The molecule has 0 saturated heterocycles. The van der Waals surface area contributed by atoms with Crippen molar-refractivity contribution in [2.24, 2.45) is 7.05 Å². The molecule has 6 nitrogen and oxygen atoms in total. The Labute approximate surface area is 138 Å². The van der Waals surface area contributed by atoms with Crippen molar-refractivity contribution in [3.8, 4) is 5.69 Å². The number of hydrogen-bond donors (Lipinski definition) is 1. The number of benzene rings is 1. The van der Waals surface area contributed by atoms with Crippen molar-refractivity contribution in [2.45, 2.75) is 19.8 Å². The lowest BCUT2D eigenvalue weighted by molar-refractivity contribution is -0.115. The standard InChI is InChI=1S/C17H18FN5O/c1-3-13-10-16(22(2)20-13)19-17(24)11-14-8-9-23(21-14)15-6-4-12(18)5-7-15/h4-10H,3,11H2,1-2H3,(H,19,24). The Morgan fingerprint density at radius 3 is 2.58 bits per heavy atom. The van der Waals surface area contributed by atoms with Gasteiger partial charge in [-0.15, -0.1) is 0 Å². The molecule has 1 N–H and O–H groups in total. The van der Waals surface area contributed by atoms with Gasteiger partial charge in [-0.1, -0.05) is 6.92 Å². The molecule has 0 fully saturated rings. The fourth-order valence-electron chi connectivity index (χ4n) is 2.36. The van der Waals surface area contributed by atoms with Crippen LogP contribution in [0.25, 0.3) is 5.69 Å². The average molecular weight is 327 g/mol. The molecule has 0 aliphatic carbocycles. The van der Waals surface area contributed by atoms with E-state index in [0.717, 1.165) is 17.8 Å². The van der Waals surface area contributed by atoms with E-state index in [2.05, 4.69) is 15.5 Å². The highest BCUT2D eigenvalue weighted by atomic mass is 19.1. The SMILES string of the molecule is CCc1cc(NC(=O)Cc2ccn(-c3ccc(F)cc3)n2)n(C)n1. The van der Waals surface area contributed by atoms with Crippen LogP contribution < -0.4 is 5.32 Å². The second-order valence-electron chi connectivity index (χ2n) is 5.45. The third-order valence-electron chi connectivity index (χ3n) is 3.64. The average Bonchev–Trinajstić information content (AvgIpc) is 3.15. The smallest absolute Gasteiger partial charge is 0.231 e. The van der Waals surface area contributed by atoms with E-state index in [1.165, 1.54) is 12.1 Å². The highest BCUT2D eigenvalue weighted by Crippen LogP contribution is 2.12. The van der Waals surface area contributed by atoms with Crippen molar-refractivity contribution in [3.63, 3.8) is 0 Å². The van der Waals surface area contributed by atoms with Gasteiger partial charge in [-0.2, -0.15) is 10.2 Å². The Bertz CT molecular complexity index is 850. The summed E-state index contributed by atoms with van der Waals surface area (Å²) in [7, 11) is 1.79. The molecule has 0 saturated carbocycles. The topological polar surface area (TPSA) is 64.7 Å². The molecule has 1 aromatic carbocycles. The Morgan fingerprint density at radius 2 is 1.92 bits per heavy atom. The summed E-state index contributed by atoms with van der Waals surface area (Å²) in [5.41, 5.74) is 2.30. The van der Waals surface area contributed by atoms with Crippen LogP contribution >= 0.6 is 0 Å². The van der Waals surface area contributed by atoms with Gasteiger partial charge >= 0.3 is 0 Å². The quantitative estimate of drug-likeness (QED) is 0.783. The number of aromatic nitrogens is 4. The maximum atomic E-state index is 13.0. The number of rotatable bonds is 5. The lowest BCUT2D eigenvalue weighted by atomic mass is 10.3. The van der Waals surface area contributed by atoms with E-state index >= 15 is 0 Å². The number of amides is 1. The number of nitrogens with one attached hydrogen (secondary N) is 1. The van der Waals surface area contributed by atoms with Crippen LogP contribution in [0.15, 0.2) is 42.6 Å². The number of nitrogens with zero attached hydrogens (tertiary/aromatic N) is 4. The Hall–Kier alpha value is -2.96. The first kappa shape index (κ1) is 15.9. The van der Waals surface area contributed by atoms with E-state index in [-0.39, 0.29) is 18.1 Å². The van der Waals surface area contributed by atoms with Crippen LogP contribution in [0.5, 0.6) is 0 Å². The van der Waals surface area contributed by atoms with E-state index in [1.807, 2.05) is 13.0 Å². The molecule has 2 aromatic heterocycles. The first-order valence-electron chi connectivity index (χ1n) is 7.68. The minimum Gasteiger partial charge on any atom is -0.311 e. The van der Waals surface area contributed by atoms with Crippen LogP contribution in [0, 0.1) is 5.82 Å². The van der Waals surface area contributed by atoms with Crippen LogP contribution in [0.1, 0.15) is 18.3 Å². The van der Waals surface area contributed by atoms with E-state index < -0.39 is 0 Å². The van der Waals surface area contributed by atoms with Gasteiger partial charge in [0.25, 0.3) is 0 Å². The summed E-state index contributed by atoms with van der Waals surface area (Å²) in [5, 5.41) is 11.5. The van der Waals surface area contributed by atoms with Crippen molar-refractivity contribution < 1.29 is 9.18 Å². The van der Waals surface area contributed by atoms with Gasteiger partial charge in [0.05, 0.1) is 23.5 Å². The summed E-state index contributed by atoms with van der Waals surface area (Å²) in [6.07, 6.45) is 2.71. The van der Waals surface area contributed by atoms with Crippen molar-refractivity contribution in [2.75, 3.05) is 5.32 Å². The summed E-state index contributed by atoms with van der Waals surface area (Å²) in [5.74, 6) is 0.202. The predicted molar refractivity (Wildman–Crippen MR) is 88.4 cm³/mol. The number of halogens is 1. The summed E-state index contributed by atoms with van der Waals surface area (Å²) in [4.78, 5) is 12.2. The van der Waals surface area contributed by atoms with Crippen LogP contribution in [0.3, 0.4) is 0 Å². The molecule has 0 radical (unpaired) electrons. The molecular weight excluding hydrogens is 309 g/mol. The first-order valence-corrected chi connectivity index (χ1v) is 7.68. The highest BCUT2D eigenvalue weighted by Gasteiger charge is 2.11. The molecule has 7 heteroatoms. The molecule has 0 aliphatic heterocycles. The third-order valence-corrected chi connectivity index (χ3v) is 3.64. The zero-order valence-electron chi connectivity index (χ0n) is 13.5. The molecule has 0 bridgehead atoms. The Morgan fingerprint density at radius 1 is 1.17 bits per heavy atom. The summed E-state index contributed by atoms with van der Waals surface area (Å²) in [6, 6.07) is 9.63. The molecule has 0 aliphatic rings. The van der Waals surface area contributed by atoms with Gasteiger partial charge in [-0.3, -0.25) is 9.48 Å². The van der Waals surface area contributed by atoms with E-state index in [1.54, 1.807) is 40.8 Å². The first-order chi connectivity index (χ1) is 11.5. The van der Waals surface area contributed by atoms with Crippen molar-refractivity contribution in [1.82, 2.24) is 19.6 Å². The molecule has 0 spiro atoms. The minimum absolute atomic E-state index is 0.154. The number of anilines is 1. The summed E-state index contributed by atoms with van der Waals surface area (Å²) >= 11 is 0. The normalized spacial score (nSPS) is 10.8. The number of aryl methyl sites for hydroxylation is 2. The molecule has 3 rings (SSSR count). The van der Waals surface area contributed by atoms with Crippen LogP contribution in [0.4, 0.5) is 10.2 Å². The van der Waals surface area contributed by atoms with E-state index in [4.69, 9.17) is 0 Å². The molecule has 2 heterocycles. The van der Waals surface area contributed by atoms with Crippen molar-refractivity contribution in [3.05, 3.63) is 59.8 Å². The monoisotopic (exact) mass is 327 g/mol. The van der Waals surface area contributed by atoms with Gasteiger partial charge in [0.2, 0.25) is 5.91 Å². The van der Waals surface area contributed by atoms with Gasteiger partial charge < -0.3 is 5.32 Å². The zero-order chi connectivity index (χ0) is 17.1. The lowest BCUT2D eigenvalue weighted by Crippen LogP contribution is -2.17. The molecular formula is C17H18FN5O. The number of carbonyl (C=O) groups excluding carboxylic acids is 1. The summed E-state index contributed by atoms with van der Waals surface area (Å²) in [6.45, 7) is 2.01. The molecule has 24 heavy (non-hydrogen) atoms. The maximum Gasteiger partial charge on any atom is 0.231 e. The highest BCUT2D eigenvalue weighted by molar-refractivity contribution is 5.91. The molecule has 124 valence electrons. The zero-order valence-corrected chi connectivity index (χ0v) is 13.5. The van der Waals surface area contributed by atoms with Crippen LogP contribution in [-0.4, -0.2) is 25.5 Å². The van der Waals surface area contributed by atoms with Gasteiger partial charge in [0.15, 0.2) is 0 Å². The van der Waals surface area contributed by atoms with Gasteiger partial charge in [-0.05, 0) is 36.8 Å². The van der Waals surface area contributed by atoms with Gasteiger partial charge in [-0.25, -0.2) is 9.07 Å². The largest absolute Gasteiger partial charge is 0.311 e. The Kier molecular flexibility index (Phi) is 4.41. The maximum absolute atomic E-state index is 13.0. The predicted octanol–water partition coefficient (Wildman–Crippen LogP) is 2.49. The van der Waals surface area contributed by atoms with Gasteiger partial charge in [0.1, 0.15) is 11.6 Å². The fraction of sp³-hybridized carbons (Fsp3) is 0.235. The van der Waals surface area contributed by atoms with Crippen molar-refractivity contribution in [1.29, 1.82) is 0 Å². The van der Waals surface area contributed by atoms with Crippen LogP contribution in [0.2, 0.25) is 0 Å². The molecule has 3 aromatic rings. The lowest BCUT2D eigenvalue weighted by Gasteiger charge is -2.04. The van der Waals surface area contributed by atoms with E-state index in [0.29, 0.717) is 11.5 Å². The second kappa shape index (κ2) is 6.66. The van der Waals surface area contributed by atoms with E-state index in [9.17, 15) is 9.18 Å². The molecule has 1 amide bonds. The number of hydrogen-bond acceptors (Lipinski definition) is 3. The van der Waals surface area contributed by atoms with Crippen LogP contribution in [-0.2, 0) is 24.7 Å². The summed E-state index contributed by atoms with van der Waals surface area (Å²) < 4.78 is 16.2. The Balaban J connectivity index is 1.66. The van der Waals surface area contributed by atoms with Crippen molar-refractivity contribution >= 4 is 11.7 Å².